The van der Waals surface area contributed by atoms with Crippen LogP contribution in [0.1, 0.15) is 35.3 Å². The molecule has 3 rings (SSSR count). The van der Waals surface area contributed by atoms with E-state index in [-0.39, 0.29) is 17.7 Å². The molecule has 1 unspecified atom stereocenters. The zero-order valence-corrected chi connectivity index (χ0v) is 18.2. The molecule has 32 heavy (non-hydrogen) atoms. The highest BCUT2D eigenvalue weighted by Crippen LogP contribution is 2.13. The lowest BCUT2D eigenvalue weighted by Gasteiger charge is -2.20. The Bertz CT molecular complexity index is 1030. The number of carbonyl (C=O) groups is 2. The van der Waals surface area contributed by atoms with Crippen molar-refractivity contribution in [1.29, 1.82) is 0 Å². The van der Waals surface area contributed by atoms with Gasteiger partial charge in [0.15, 0.2) is 0 Å². The summed E-state index contributed by atoms with van der Waals surface area (Å²) < 4.78 is 5.77. The summed E-state index contributed by atoms with van der Waals surface area (Å²) in [5, 5.41) is 6.81. The third kappa shape index (κ3) is 6.80. The first-order valence-electron chi connectivity index (χ1n) is 10.5. The number of carbonyl (C=O) groups excluding carboxylic acids is 2. The van der Waals surface area contributed by atoms with Gasteiger partial charge in [-0.05, 0) is 53.4 Å². The van der Waals surface area contributed by atoms with Crippen molar-refractivity contribution >= 4 is 18.0 Å². The molecule has 0 saturated heterocycles. The van der Waals surface area contributed by atoms with Crippen molar-refractivity contribution in [1.82, 2.24) is 10.7 Å². The summed E-state index contributed by atoms with van der Waals surface area (Å²) in [5.41, 5.74) is 4.93. The first kappa shape index (κ1) is 22.7. The second-order valence-electron chi connectivity index (χ2n) is 7.64. The molecule has 0 bridgehead atoms. The highest BCUT2D eigenvalue weighted by molar-refractivity contribution is 5.97. The second-order valence-corrected chi connectivity index (χ2v) is 7.64. The maximum atomic E-state index is 12.6. The minimum absolute atomic E-state index is 0.0982. The van der Waals surface area contributed by atoms with Gasteiger partial charge >= 0.3 is 0 Å². The third-order valence-corrected chi connectivity index (χ3v) is 4.79. The van der Waals surface area contributed by atoms with Crippen LogP contribution in [0.4, 0.5) is 0 Å². The lowest BCUT2D eigenvalue weighted by molar-refractivity contribution is -0.123. The molecule has 0 aliphatic heterocycles. The van der Waals surface area contributed by atoms with Crippen LogP contribution >= 0.6 is 0 Å². The fraction of sp³-hybridized carbons (Fsp3) is 0.192. The molecule has 0 saturated carbocycles. The molecule has 0 aromatic heterocycles. The average Bonchev–Trinajstić information content (AvgIpc) is 2.82. The van der Waals surface area contributed by atoms with E-state index in [9.17, 15) is 9.59 Å². The molecule has 6 nitrogen and oxygen atoms in total. The summed E-state index contributed by atoms with van der Waals surface area (Å²) in [6.07, 6.45) is 1.55. The predicted molar refractivity (Wildman–Crippen MR) is 125 cm³/mol. The second kappa shape index (κ2) is 11.5. The van der Waals surface area contributed by atoms with Crippen molar-refractivity contribution < 1.29 is 14.3 Å². The summed E-state index contributed by atoms with van der Waals surface area (Å²) >= 11 is 0. The number of nitrogens with zero attached hydrogens (tertiary/aromatic N) is 1. The van der Waals surface area contributed by atoms with Crippen molar-refractivity contribution in [2.45, 2.75) is 26.5 Å². The van der Waals surface area contributed by atoms with E-state index >= 15 is 0 Å². The van der Waals surface area contributed by atoms with Crippen molar-refractivity contribution in [3.63, 3.8) is 0 Å². The molecule has 0 spiro atoms. The molecule has 2 amide bonds. The highest BCUT2D eigenvalue weighted by atomic mass is 16.5. The summed E-state index contributed by atoms with van der Waals surface area (Å²) in [5.74, 6) is -0.0182. The van der Waals surface area contributed by atoms with Gasteiger partial charge in [-0.25, -0.2) is 5.43 Å². The first-order valence-corrected chi connectivity index (χ1v) is 10.5. The lowest BCUT2D eigenvalue weighted by atomic mass is 10.0. The normalized spacial score (nSPS) is 11.8. The van der Waals surface area contributed by atoms with Crippen molar-refractivity contribution in [3.8, 4) is 5.75 Å². The Labute approximate surface area is 188 Å². The van der Waals surface area contributed by atoms with Gasteiger partial charge in [0.2, 0.25) is 0 Å². The van der Waals surface area contributed by atoms with Crippen molar-refractivity contribution in [3.05, 3.63) is 102 Å². The fourth-order valence-corrected chi connectivity index (χ4v) is 2.98. The molecule has 6 heteroatoms. The van der Waals surface area contributed by atoms with Crippen LogP contribution in [-0.2, 0) is 11.4 Å². The standard InChI is InChI=1S/C26H27N3O3/c1-19(2)24(28-25(30)22-11-7-4-8-12-22)26(31)29-27-17-20-13-15-23(16-14-20)32-18-21-9-5-3-6-10-21/h3-17,19,24H,18H2,1-2H3,(H,28,30)(H,29,31). The van der Waals surface area contributed by atoms with Crippen molar-refractivity contribution in [2.75, 3.05) is 0 Å². The summed E-state index contributed by atoms with van der Waals surface area (Å²) in [6, 6.07) is 25.5. The smallest absolute Gasteiger partial charge is 0.262 e. The summed E-state index contributed by atoms with van der Waals surface area (Å²) in [6.45, 7) is 4.23. The Balaban J connectivity index is 1.52. The first-order chi connectivity index (χ1) is 15.5. The molecular formula is C26H27N3O3. The highest BCUT2D eigenvalue weighted by Gasteiger charge is 2.24. The van der Waals surface area contributed by atoms with Crippen LogP contribution in [0.25, 0.3) is 0 Å². The molecule has 0 aliphatic carbocycles. The maximum absolute atomic E-state index is 12.6. The molecule has 1 atom stereocenters. The van der Waals surface area contributed by atoms with Gasteiger partial charge in [-0.3, -0.25) is 9.59 Å². The quantitative estimate of drug-likeness (QED) is 0.396. The number of hydrogen-bond donors (Lipinski definition) is 2. The van der Waals surface area contributed by atoms with E-state index in [0.29, 0.717) is 12.2 Å². The molecule has 3 aromatic carbocycles. The van der Waals surface area contributed by atoms with E-state index in [4.69, 9.17) is 4.74 Å². The van der Waals surface area contributed by atoms with Crippen LogP contribution in [0.3, 0.4) is 0 Å². The Morgan fingerprint density at radius 3 is 2.16 bits per heavy atom. The predicted octanol–water partition coefficient (Wildman–Crippen LogP) is 4.17. The molecule has 0 radical (unpaired) electrons. The molecule has 3 aromatic rings. The van der Waals surface area contributed by atoms with Gasteiger partial charge in [0.05, 0.1) is 6.21 Å². The Morgan fingerprint density at radius 1 is 0.906 bits per heavy atom. The summed E-state index contributed by atoms with van der Waals surface area (Å²) in [4.78, 5) is 24.9. The number of nitrogens with one attached hydrogen (secondary N) is 2. The minimum Gasteiger partial charge on any atom is -0.489 e. The van der Waals surface area contributed by atoms with Gasteiger partial charge in [-0.1, -0.05) is 62.4 Å². The number of rotatable bonds is 9. The third-order valence-electron chi connectivity index (χ3n) is 4.79. The molecule has 0 heterocycles. The molecule has 2 N–H and O–H groups in total. The maximum Gasteiger partial charge on any atom is 0.262 e. The number of benzene rings is 3. The van der Waals surface area contributed by atoms with Gasteiger partial charge in [0.1, 0.15) is 18.4 Å². The zero-order valence-electron chi connectivity index (χ0n) is 18.2. The topological polar surface area (TPSA) is 79.8 Å². The van der Waals surface area contributed by atoms with Gasteiger partial charge in [-0.2, -0.15) is 5.10 Å². The van der Waals surface area contributed by atoms with E-state index in [1.165, 1.54) is 0 Å². The van der Waals surface area contributed by atoms with E-state index in [1.54, 1.807) is 30.5 Å². The van der Waals surface area contributed by atoms with Gasteiger partial charge < -0.3 is 10.1 Å². The van der Waals surface area contributed by atoms with Crippen LogP contribution in [0, 0.1) is 5.92 Å². The Morgan fingerprint density at radius 2 is 1.53 bits per heavy atom. The molecule has 0 fully saturated rings. The Kier molecular flexibility index (Phi) is 8.15. The number of hydrogen-bond acceptors (Lipinski definition) is 4. The molecule has 164 valence electrons. The number of hydrazone groups is 1. The monoisotopic (exact) mass is 429 g/mol. The zero-order chi connectivity index (χ0) is 22.8. The minimum atomic E-state index is -0.700. The van der Waals surface area contributed by atoms with Gasteiger partial charge in [0, 0.05) is 5.56 Å². The van der Waals surface area contributed by atoms with E-state index in [0.717, 1.165) is 16.9 Å². The van der Waals surface area contributed by atoms with Gasteiger partial charge in [0.25, 0.3) is 11.8 Å². The largest absolute Gasteiger partial charge is 0.489 e. The van der Waals surface area contributed by atoms with E-state index in [2.05, 4.69) is 15.8 Å². The van der Waals surface area contributed by atoms with Crippen LogP contribution in [0.2, 0.25) is 0 Å². The Hall–Kier alpha value is -3.93. The van der Waals surface area contributed by atoms with Crippen LogP contribution < -0.4 is 15.5 Å². The summed E-state index contributed by atoms with van der Waals surface area (Å²) in [7, 11) is 0. The van der Waals surface area contributed by atoms with Crippen LogP contribution in [0.5, 0.6) is 5.75 Å². The molecular weight excluding hydrogens is 402 g/mol. The van der Waals surface area contributed by atoms with Crippen LogP contribution in [0.15, 0.2) is 90.0 Å². The van der Waals surface area contributed by atoms with Crippen molar-refractivity contribution in [2.24, 2.45) is 11.0 Å². The lowest BCUT2D eigenvalue weighted by Crippen LogP contribution is -2.48. The number of ether oxygens (including phenoxy) is 1. The average molecular weight is 430 g/mol. The fourth-order valence-electron chi connectivity index (χ4n) is 2.98. The SMILES string of the molecule is CC(C)C(NC(=O)c1ccccc1)C(=O)NN=Cc1ccc(OCc2ccccc2)cc1. The molecule has 0 aliphatic rings. The van der Waals surface area contributed by atoms with Crippen LogP contribution in [-0.4, -0.2) is 24.1 Å². The van der Waals surface area contributed by atoms with Gasteiger partial charge in [-0.15, -0.1) is 0 Å². The van der Waals surface area contributed by atoms with E-state index in [1.807, 2.05) is 74.5 Å². The number of amides is 2. The van der Waals surface area contributed by atoms with E-state index < -0.39 is 6.04 Å².